The fourth-order valence-electron chi connectivity index (χ4n) is 1.34. The summed E-state index contributed by atoms with van der Waals surface area (Å²) < 4.78 is 0. The lowest BCUT2D eigenvalue weighted by Gasteiger charge is -2.01. The number of rotatable bonds is 1. The molecule has 3 heteroatoms. The minimum Gasteiger partial charge on any atom is -0.310 e. The zero-order valence-electron chi connectivity index (χ0n) is 7.42. The first-order chi connectivity index (χ1) is 6.16. The minimum absolute atomic E-state index is 0.0152. The number of carbonyl (C=O) groups is 1. The molecule has 3 nitrogen and oxygen atoms in total. The van der Waals surface area contributed by atoms with Crippen molar-refractivity contribution in [1.29, 1.82) is 0 Å². The van der Waals surface area contributed by atoms with Gasteiger partial charge in [0.1, 0.15) is 5.82 Å². The number of aromatic nitrogens is 1. The van der Waals surface area contributed by atoms with E-state index in [2.05, 4.69) is 16.9 Å². The van der Waals surface area contributed by atoms with Gasteiger partial charge in [0.05, 0.1) is 6.42 Å². The highest BCUT2D eigenvalue weighted by atomic mass is 16.1. The molecule has 0 atom stereocenters. The van der Waals surface area contributed by atoms with Crippen LogP contribution in [0.15, 0.2) is 18.8 Å². The van der Waals surface area contributed by atoms with Crippen LogP contribution in [0.5, 0.6) is 0 Å². The van der Waals surface area contributed by atoms with E-state index in [9.17, 15) is 4.79 Å². The molecule has 1 aliphatic heterocycles. The van der Waals surface area contributed by atoms with E-state index in [0.717, 1.165) is 16.7 Å². The van der Waals surface area contributed by atoms with E-state index < -0.39 is 0 Å². The van der Waals surface area contributed by atoms with Crippen molar-refractivity contribution in [2.75, 3.05) is 5.32 Å². The first-order valence-electron chi connectivity index (χ1n) is 4.11. The lowest BCUT2D eigenvalue weighted by molar-refractivity contribution is -0.115. The lowest BCUT2D eigenvalue weighted by Crippen LogP contribution is -2.04. The topological polar surface area (TPSA) is 42.0 Å². The molecule has 0 radical (unpaired) electrons. The molecular weight excluding hydrogens is 164 g/mol. The molecule has 0 aromatic carbocycles. The third kappa shape index (κ3) is 1.33. The van der Waals surface area contributed by atoms with Gasteiger partial charge in [0.2, 0.25) is 5.91 Å². The van der Waals surface area contributed by atoms with Crippen LogP contribution in [-0.4, -0.2) is 10.9 Å². The third-order valence-electron chi connectivity index (χ3n) is 2.07. The molecule has 0 aliphatic carbocycles. The number of carbonyl (C=O) groups excluding carboxylic acids is 1. The normalized spacial score (nSPS) is 13.8. The van der Waals surface area contributed by atoms with Crippen LogP contribution in [0.4, 0.5) is 5.82 Å². The van der Waals surface area contributed by atoms with Gasteiger partial charge < -0.3 is 5.32 Å². The highest BCUT2D eigenvalue weighted by Gasteiger charge is 2.18. The zero-order valence-corrected chi connectivity index (χ0v) is 7.42. The summed E-state index contributed by atoms with van der Waals surface area (Å²) in [5, 5.41) is 2.68. The number of nitrogens with zero attached hydrogens (tertiary/aromatic N) is 1. The molecule has 0 unspecified atom stereocenters. The number of nitrogens with one attached hydrogen (secondary N) is 1. The van der Waals surface area contributed by atoms with Crippen molar-refractivity contribution in [3.05, 3.63) is 30.0 Å². The quantitative estimate of drug-likeness (QED) is 0.702. The summed E-state index contributed by atoms with van der Waals surface area (Å²) >= 11 is 0. The monoisotopic (exact) mass is 174 g/mol. The molecular formula is C10H10N2O. The smallest absolute Gasteiger partial charge is 0.230 e. The van der Waals surface area contributed by atoms with Crippen LogP contribution >= 0.6 is 0 Å². The van der Waals surface area contributed by atoms with Crippen molar-refractivity contribution in [1.82, 2.24) is 4.98 Å². The molecule has 0 saturated heterocycles. The Bertz CT molecular complexity index is 396. The lowest BCUT2D eigenvalue weighted by atomic mass is 10.1. The molecule has 2 heterocycles. The first-order valence-corrected chi connectivity index (χ1v) is 4.11. The van der Waals surface area contributed by atoms with Crippen LogP contribution < -0.4 is 5.32 Å². The number of amides is 1. The van der Waals surface area contributed by atoms with Gasteiger partial charge in [-0.2, -0.15) is 0 Å². The van der Waals surface area contributed by atoms with Crippen molar-refractivity contribution < 1.29 is 4.79 Å². The second kappa shape index (κ2) is 2.69. The third-order valence-corrected chi connectivity index (χ3v) is 2.07. The van der Waals surface area contributed by atoms with Crippen molar-refractivity contribution >= 4 is 17.3 Å². The SMILES string of the molecule is C=C(C)c1cnc2c(c1)CC(=O)N2. The molecule has 1 amide bonds. The van der Waals surface area contributed by atoms with Gasteiger partial charge in [-0.15, -0.1) is 0 Å². The summed E-state index contributed by atoms with van der Waals surface area (Å²) in [5.74, 6) is 0.705. The molecule has 13 heavy (non-hydrogen) atoms. The molecule has 2 rings (SSSR count). The van der Waals surface area contributed by atoms with Gasteiger partial charge in [0, 0.05) is 11.8 Å². The average Bonchev–Trinajstić information content (AvgIpc) is 2.42. The van der Waals surface area contributed by atoms with Gasteiger partial charge >= 0.3 is 0 Å². The first kappa shape index (κ1) is 7.98. The van der Waals surface area contributed by atoms with Gasteiger partial charge in [-0.05, 0) is 24.1 Å². The Morgan fingerprint density at radius 3 is 3.15 bits per heavy atom. The van der Waals surface area contributed by atoms with Crippen molar-refractivity contribution in [2.45, 2.75) is 13.3 Å². The van der Waals surface area contributed by atoms with Crippen LogP contribution in [0.1, 0.15) is 18.1 Å². The maximum atomic E-state index is 11.0. The fraction of sp³-hybridized carbons (Fsp3) is 0.200. The van der Waals surface area contributed by atoms with Crippen LogP contribution in [0.25, 0.3) is 5.57 Å². The number of fused-ring (bicyclic) bond motifs is 1. The van der Waals surface area contributed by atoms with E-state index in [4.69, 9.17) is 0 Å². The van der Waals surface area contributed by atoms with E-state index in [1.165, 1.54) is 0 Å². The minimum atomic E-state index is 0.0152. The predicted octanol–water partition coefficient (Wildman–Crippen LogP) is 1.61. The van der Waals surface area contributed by atoms with E-state index in [0.29, 0.717) is 12.2 Å². The van der Waals surface area contributed by atoms with Gasteiger partial charge in [0.25, 0.3) is 0 Å². The second-order valence-electron chi connectivity index (χ2n) is 3.24. The molecule has 0 spiro atoms. The number of pyridine rings is 1. The summed E-state index contributed by atoms with van der Waals surface area (Å²) in [4.78, 5) is 15.1. The van der Waals surface area contributed by atoms with Crippen LogP contribution in [0, 0.1) is 0 Å². The zero-order chi connectivity index (χ0) is 9.42. The number of hydrogen-bond acceptors (Lipinski definition) is 2. The highest BCUT2D eigenvalue weighted by Crippen LogP contribution is 2.23. The van der Waals surface area contributed by atoms with E-state index in [-0.39, 0.29) is 5.91 Å². The Morgan fingerprint density at radius 2 is 2.46 bits per heavy atom. The Balaban J connectivity index is 2.45. The maximum Gasteiger partial charge on any atom is 0.230 e. The predicted molar refractivity (Wildman–Crippen MR) is 51.3 cm³/mol. The van der Waals surface area contributed by atoms with Crippen LogP contribution in [0.2, 0.25) is 0 Å². The summed E-state index contributed by atoms with van der Waals surface area (Å²) in [5.41, 5.74) is 2.93. The molecule has 66 valence electrons. The molecule has 0 saturated carbocycles. The van der Waals surface area contributed by atoms with E-state index in [1.807, 2.05) is 13.0 Å². The van der Waals surface area contributed by atoms with Gasteiger partial charge in [-0.25, -0.2) is 4.98 Å². The number of anilines is 1. The largest absolute Gasteiger partial charge is 0.310 e. The van der Waals surface area contributed by atoms with E-state index >= 15 is 0 Å². The van der Waals surface area contributed by atoms with Crippen LogP contribution in [-0.2, 0) is 11.2 Å². The van der Waals surface area contributed by atoms with Gasteiger partial charge in [-0.1, -0.05) is 6.58 Å². The fourth-order valence-corrected chi connectivity index (χ4v) is 1.34. The highest BCUT2D eigenvalue weighted by molar-refractivity contribution is 5.98. The Labute approximate surface area is 76.5 Å². The van der Waals surface area contributed by atoms with Crippen LogP contribution in [0.3, 0.4) is 0 Å². The molecule has 1 aromatic heterocycles. The average molecular weight is 174 g/mol. The number of hydrogen-bond donors (Lipinski definition) is 1. The van der Waals surface area contributed by atoms with Gasteiger partial charge in [0.15, 0.2) is 0 Å². The van der Waals surface area contributed by atoms with Gasteiger partial charge in [-0.3, -0.25) is 4.79 Å². The van der Waals surface area contributed by atoms with Crippen molar-refractivity contribution in [2.24, 2.45) is 0 Å². The molecule has 1 aliphatic rings. The number of allylic oxidation sites excluding steroid dienone is 1. The second-order valence-corrected chi connectivity index (χ2v) is 3.24. The Morgan fingerprint density at radius 1 is 1.69 bits per heavy atom. The standard InChI is InChI=1S/C10H10N2O/c1-6(2)8-3-7-4-9(13)12-10(7)11-5-8/h3,5H,1,4H2,2H3,(H,11,12,13). The van der Waals surface area contributed by atoms with Crippen molar-refractivity contribution in [3.63, 3.8) is 0 Å². The summed E-state index contributed by atoms with van der Waals surface area (Å²) in [6.45, 7) is 5.75. The van der Waals surface area contributed by atoms with Crippen molar-refractivity contribution in [3.8, 4) is 0 Å². The molecule has 1 aromatic rings. The summed E-state index contributed by atoms with van der Waals surface area (Å²) in [7, 11) is 0. The maximum absolute atomic E-state index is 11.0. The Hall–Kier alpha value is -1.64. The summed E-state index contributed by atoms with van der Waals surface area (Å²) in [6.07, 6.45) is 2.16. The molecule has 0 bridgehead atoms. The Kier molecular flexibility index (Phi) is 1.65. The molecule has 0 fully saturated rings. The molecule has 1 N–H and O–H groups in total. The summed E-state index contributed by atoms with van der Waals surface area (Å²) in [6, 6.07) is 1.96. The van der Waals surface area contributed by atoms with E-state index in [1.54, 1.807) is 6.20 Å².